The Kier molecular flexibility index (Phi) is 7.17. The summed E-state index contributed by atoms with van der Waals surface area (Å²) in [5.41, 5.74) is 13.4. The van der Waals surface area contributed by atoms with Crippen LogP contribution in [0, 0.1) is 0 Å². The van der Waals surface area contributed by atoms with Gasteiger partial charge in [-0.3, -0.25) is 0 Å². The summed E-state index contributed by atoms with van der Waals surface area (Å²) in [5, 5.41) is 6.82. The third kappa shape index (κ3) is 5.20. The molecule has 0 aliphatic carbocycles. The van der Waals surface area contributed by atoms with Crippen molar-refractivity contribution in [1.82, 2.24) is 0 Å². The van der Waals surface area contributed by atoms with Crippen molar-refractivity contribution >= 4 is 71.7 Å². The lowest BCUT2D eigenvalue weighted by Gasteiger charge is -2.27. The molecule has 3 nitrogen and oxygen atoms in total. The molecule has 0 saturated carbocycles. The Bertz CT molecular complexity index is 3190. The number of hydrogen-bond acceptors (Lipinski definition) is 3. The van der Waals surface area contributed by atoms with Crippen molar-refractivity contribution in [3.63, 3.8) is 0 Å². The molecular weight excluding hydrogens is 671 g/mol. The molecule has 55 heavy (non-hydrogen) atoms. The van der Waals surface area contributed by atoms with Crippen molar-refractivity contribution in [1.29, 1.82) is 0 Å². The van der Waals surface area contributed by atoms with Gasteiger partial charge >= 0.3 is 0 Å². The fourth-order valence-corrected chi connectivity index (χ4v) is 8.23. The topological polar surface area (TPSA) is 29.5 Å². The van der Waals surface area contributed by atoms with Crippen molar-refractivity contribution < 1.29 is 8.83 Å². The molecule has 0 bridgehead atoms. The van der Waals surface area contributed by atoms with E-state index in [9.17, 15) is 0 Å². The van der Waals surface area contributed by atoms with Crippen LogP contribution in [0.4, 0.5) is 17.1 Å². The van der Waals surface area contributed by atoms with Crippen molar-refractivity contribution in [2.24, 2.45) is 0 Å². The standard InChI is InChI=1S/C52H33NO2/c1-2-12-38(13-3-1)42-31-32-46(52-50(42)43-15-6-9-19-48(43)55-52)53(45-17-10-20-49-51(45)44-16-7-8-18-47(44)54-49)41-29-27-36(28-30-41)35-21-23-37(24-22-35)40-26-25-34-11-4-5-14-39(34)33-40/h1-33H. The van der Waals surface area contributed by atoms with Crippen LogP contribution in [0.5, 0.6) is 0 Å². The summed E-state index contributed by atoms with van der Waals surface area (Å²) in [6.45, 7) is 0. The maximum absolute atomic E-state index is 6.85. The molecule has 0 aliphatic heterocycles. The molecular formula is C52H33NO2. The second-order valence-electron chi connectivity index (χ2n) is 14.1. The zero-order chi connectivity index (χ0) is 36.3. The smallest absolute Gasteiger partial charge is 0.160 e. The van der Waals surface area contributed by atoms with Gasteiger partial charge in [-0.2, -0.15) is 0 Å². The molecule has 0 spiro atoms. The molecule has 0 fully saturated rings. The molecule has 0 aliphatic rings. The Balaban J connectivity index is 1.08. The largest absolute Gasteiger partial charge is 0.456 e. The zero-order valence-corrected chi connectivity index (χ0v) is 29.8. The first kappa shape index (κ1) is 31.2. The van der Waals surface area contributed by atoms with Crippen molar-refractivity contribution in [3.8, 4) is 33.4 Å². The Morgan fingerprint density at radius 2 is 0.909 bits per heavy atom. The minimum Gasteiger partial charge on any atom is -0.456 e. The Labute approximate surface area is 317 Å². The molecule has 9 aromatic carbocycles. The monoisotopic (exact) mass is 703 g/mol. The van der Waals surface area contributed by atoms with Gasteiger partial charge in [0.15, 0.2) is 5.58 Å². The van der Waals surface area contributed by atoms with E-state index in [0.29, 0.717) is 0 Å². The maximum Gasteiger partial charge on any atom is 0.160 e. The van der Waals surface area contributed by atoms with Gasteiger partial charge in [-0.1, -0.05) is 152 Å². The van der Waals surface area contributed by atoms with Gasteiger partial charge in [-0.05, 0) is 92.7 Å². The van der Waals surface area contributed by atoms with Crippen LogP contribution in [0.25, 0.3) is 88.0 Å². The zero-order valence-electron chi connectivity index (χ0n) is 29.8. The van der Waals surface area contributed by atoms with Gasteiger partial charge < -0.3 is 13.7 Å². The minimum absolute atomic E-state index is 0.834. The fraction of sp³-hybridized carbons (Fsp3) is 0. The van der Waals surface area contributed by atoms with E-state index in [2.05, 4.69) is 187 Å². The van der Waals surface area contributed by atoms with E-state index < -0.39 is 0 Å². The third-order valence-electron chi connectivity index (χ3n) is 10.9. The summed E-state index contributed by atoms with van der Waals surface area (Å²) in [6, 6.07) is 70.9. The van der Waals surface area contributed by atoms with Crippen molar-refractivity contribution in [2.45, 2.75) is 0 Å². The maximum atomic E-state index is 6.85. The van der Waals surface area contributed by atoms with Gasteiger partial charge in [-0.25, -0.2) is 0 Å². The Hall–Kier alpha value is -7.36. The summed E-state index contributed by atoms with van der Waals surface area (Å²) in [4.78, 5) is 2.33. The normalized spacial score (nSPS) is 11.6. The van der Waals surface area contributed by atoms with E-state index in [0.717, 1.165) is 83.2 Å². The SMILES string of the molecule is c1ccc(-c2ccc(N(c3ccc(-c4ccc(-c5ccc6ccccc6c5)cc4)cc3)c3cccc4oc5ccccc5c34)c3oc4ccccc4c23)cc1. The molecule has 0 unspecified atom stereocenters. The predicted octanol–water partition coefficient (Wildman–Crippen LogP) is 15.1. The molecule has 11 rings (SSSR count). The van der Waals surface area contributed by atoms with Crippen LogP contribution in [0.2, 0.25) is 0 Å². The van der Waals surface area contributed by atoms with Crippen molar-refractivity contribution in [3.05, 3.63) is 200 Å². The first-order valence-electron chi connectivity index (χ1n) is 18.7. The summed E-state index contributed by atoms with van der Waals surface area (Å²) in [6.07, 6.45) is 0. The van der Waals surface area contributed by atoms with Gasteiger partial charge in [0, 0.05) is 21.8 Å². The van der Waals surface area contributed by atoms with E-state index in [1.54, 1.807) is 0 Å². The highest BCUT2D eigenvalue weighted by Gasteiger charge is 2.25. The van der Waals surface area contributed by atoms with Gasteiger partial charge in [0.2, 0.25) is 0 Å². The summed E-state index contributed by atoms with van der Waals surface area (Å²) in [7, 11) is 0. The lowest BCUT2D eigenvalue weighted by atomic mass is 9.97. The summed E-state index contributed by atoms with van der Waals surface area (Å²) < 4.78 is 13.3. The van der Waals surface area contributed by atoms with Gasteiger partial charge in [0.25, 0.3) is 0 Å². The first-order chi connectivity index (χ1) is 27.3. The molecule has 0 atom stereocenters. The van der Waals surface area contributed by atoms with Gasteiger partial charge in [0.05, 0.1) is 16.8 Å². The van der Waals surface area contributed by atoms with Gasteiger partial charge in [0.1, 0.15) is 16.7 Å². The average molecular weight is 704 g/mol. The summed E-state index contributed by atoms with van der Waals surface area (Å²) in [5.74, 6) is 0. The molecule has 11 aromatic rings. The number of nitrogens with zero attached hydrogens (tertiary/aromatic N) is 1. The molecule has 0 N–H and O–H groups in total. The van der Waals surface area contributed by atoms with E-state index in [-0.39, 0.29) is 0 Å². The lowest BCUT2D eigenvalue weighted by Crippen LogP contribution is -2.10. The van der Waals surface area contributed by atoms with Crippen LogP contribution < -0.4 is 4.90 Å². The molecule has 3 heteroatoms. The lowest BCUT2D eigenvalue weighted by molar-refractivity contribution is 0.668. The Morgan fingerprint density at radius 3 is 1.67 bits per heavy atom. The highest BCUT2D eigenvalue weighted by atomic mass is 16.3. The minimum atomic E-state index is 0.834. The number of rotatable bonds is 6. The molecule has 0 saturated heterocycles. The van der Waals surface area contributed by atoms with Crippen LogP contribution in [0.15, 0.2) is 209 Å². The number of para-hydroxylation sites is 2. The van der Waals surface area contributed by atoms with E-state index in [1.165, 1.54) is 21.9 Å². The van der Waals surface area contributed by atoms with Crippen LogP contribution >= 0.6 is 0 Å². The molecule has 0 radical (unpaired) electrons. The average Bonchev–Trinajstić information content (AvgIpc) is 3.84. The fourth-order valence-electron chi connectivity index (χ4n) is 8.23. The number of benzene rings is 9. The predicted molar refractivity (Wildman–Crippen MR) is 229 cm³/mol. The third-order valence-corrected chi connectivity index (χ3v) is 10.9. The number of anilines is 3. The van der Waals surface area contributed by atoms with Crippen molar-refractivity contribution in [2.75, 3.05) is 4.90 Å². The van der Waals surface area contributed by atoms with Crippen LogP contribution in [0.3, 0.4) is 0 Å². The second-order valence-corrected chi connectivity index (χ2v) is 14.1. The molecule has 2 aromatic heterocycles. The Morgan fingerprint density at radius 1 is 0.327 bits per heavy atom. The molecule has 0 amide bonds. The number of fused-ring (bicyclic) bond motifs is 7. The quantitative estimate of drug-likeness (QED) is 0.173. The van der Waals surface area contributed by atoms with E-state index in [4.69, 9.17) is 8.83 Å². The second kappa shape index (κ2) is 12.6. The highest BCUT2D eigenvalue weighted by Crippen LogP contribution is 2.48. The van der Waals surface area contributed by atoms with E-state index >= 15 is 0 Å². The molecule has 2 heterocycles. The van der Waals surface area contributed by atoms with E-state index in [1.807, 2.05) is 18.2 Å². The van der Waals surface area contributed by atoms with Crippen LogP contribution in [-0.4, -0.2) is 0 Å². The molecule has 258 valence electrons. The number of furan rings is 2. The van der Waals surface area contributed by atoms with Gasteiger partial charge in [-0.15, -0.1) is 0 Å². The summed E-state index contributed by atoms with van der Waals surface area (Å²) >= 11 is 0. The number of hydrogen-bond donors (Lipinski definition) is 0. The first-order valence-corrected chi connectivity index (χ1v) is 18.7. The van der Waals surface area contributed by atoms with Crippen LogP contribution in [0.1, 0.15) is 0 Å². The highest BCUT2D eigenvalue weighted by molar-refractivity contribution is 6.19. The van der Waals surface area contributed by atoms with Crippen LogP contribution in [-0.2, 0) is 0 Å².